The van der Waals surface area contributed by atoms with Crippen molar-refractivity contribution in [3.05, 3.63) is 18.2 Å². The van der Waals surface area contributed by atoms with Crippen LogP contribution in [0.1, 0.15) is 38.1 Å². The van der Waals surface area contributed by atoms with Crippen LogP contribution in [0.25, 0.3) is 0 Å². The van der Waals surface area contributed by atoms with E-state index in [1.54, 1.807) is 11.1 Å². The van der Waals surface area contributed by atoms with E-state index in [9.17, 15) is 4.79 Å². The first-order valence-electron chi connectivity index (χ1n) is 6.50. The number of carbonyl (C=O) groups is 1. The van der Waals surface area contributed by atoms with Gasteiger partial charge in [0.1, 0.15) is 5.82 Å². The summed E-state index contributed by atoms with van der Waals surface area (Å²) < 4.78 is 0. The van der Waals surface area contributed by atoms with Gasteiger partial charge in [0, 0.05) is 31.5 Å². The average molecular weight is 251 g/mol. The molecule has 0 aliphatic carbocycles. The van der Waals surface area contributed by atoms with Crippen molar-refractivity contribution in [1.82, 2.24) is 20.2 Å². The number of aromatic nitrogens is 2. The summed E-state index contributed by atoms with van der Waals surface area (Å²) in [6, 6.07) is 0.368. The quantitative estimate of drug-likeness (QED) is 0.746. The number of nitrogens with zero attached hydrogens (tertiary/aromatic N) is 2. The number of imidazole rings is 1. The second kappa shape index (κ2) is 5.86. The van der Waals surface area contributed by atoms with Crippen molar-refractivity contribution in [2.75, 3.05) is 13.1 Å². The monoisotopic (exact) mass is 251 g/mol. The van der Waals surface area contributed by atoms with Crippen molar-refractivity contribution >= 4 is 6.03 Å². The number of urea groups is 1. The van der Waals surface area contributed by atoms with Crippen molar-refractivity contribution in [2.24, 2.45) is 5.73 Å². The van der Waals surface area contributed by atoms with Gasteiger partial charge in [0.2, 0.25) is 0 Å². The number of hydrogen-bond acceptors (Lipinski definition) is 3. The highest BCUT2D eigenvalue weighted by Gasteiger charge is 2.23. The van der Waals surface area contributed by atoms with Crippen molar-refractivity contribution in [3.8, 4) is 0 Å². The maximum absolute atomic E-state index is 11.0. The molecule has 1 fully saturated rings. The predicted molar refractivity (Wildman–Crippen MR) is 68.9 cm³/mol. The molecule has 0 spiro atoms. The lowest BCUT2D eigenvalue weighted by atomic mass is 10.0. The molecule has 1 aliphatic heterocycles. The van der Waals surface area contributed by atoms with Crippen LogP contribution in [0.4, 0.5) is 4.79 Å². The highest BCUT2D eigenvalue weighted by Crippen LogP contribution is 2.17. The number of piperidine rings is 1. The van der Waals surface area contributed by atoms with Crippen LogP contribution in [0.5, 0.6) is 0 Å². The molecule has 2 rings (SSSR count). The van der Waals surface area contributed by atoms with E-state index >= 15 is 0 Å². The third-order valence-electron chi connectivity index (χ3n) is 3.50. The van der Waals surface area contributed by atoms with Crippen LogP contribution in [0, 0.1) is 0 Å². The highest BCUT2D eigenvalue weighted by molar-refractivity contribution is 5.72. The number of likely N-dealkylation sites (tertiary alicyclic amines) is 1. The third-order valence-corrected chi connectivity index (χ3v) is 3.50. The highest BCUT2D eigenvalue weighted by atomic mass is 16.2. The van der Waals surface area contributed by atoms with Crippen molar-refractivity contribution in [1.29, 1.82) is 0 Å². The summed E-state index contributed by atoms with van der Waals surface area (Å²) in [6.45, 7) is 3.61. The molecular weight excluding hydrogens is 230 g/mol. The van der Waals surface area contributed by atoms with Crippen LogP contribution in [0.2, 0.25) is 0 Å². The molecule has 1 aromatic rings. The molecule has 2 heterocycles. The maximum atomic E-state index is 11.0. The Kier molecular flexibility index (Phi) is 4.19. The van der Waals surface area contributed by atoms with E-state index in [1.807, 2.05) is 6.20 Å². The molecule has 1 aromatic heterocycles. The van der Waals surface area contributed by atoms with Crippen molar-refractivity contribution in [3.63, 3.8) is 0 Å². The summed E-state index contributed by atoms with van der Waals surface area (Å²) in [5.41, 5.74) is 5.27. The van der Waals surface area contributed by atoms with E-state index in [4.69, 9.17) is 5.73 Å². The number of primary amides is 1. The second-order valence-corrected chi connectivity index (χ2v) is 4.70. The zero-order valence-corrected chi connectivity index (χ0v) is 10.7. The number of hydrogen-bond donors (Lipinski definition) is 3. The lowest BCUT2D eigenvalue weighted by Gasteiger charge is -2.33. The number of aromatic amines is 1. The fourth-order valence-corrected chi connectivity index (χ4v) is 2.41. The van der Waals surface area contributed by atoms with Gasteiger partial charge in [0.25, 0.3) is 0 Å². The lowest BCUT2D eigenvalue weighted by molar-refractivity contribution is 0.181. The van der Waals surface area contributed by atoms with Gasteiger partial charge >= 0.3 is 6.03 Å². The smallest absolute Gasteiger partial charge is 0.314 e. The SMILES string of the molecule is CCC(NC1CCN(C(N)=O)CC1)c1ncc[nH]1. The predicted octanol–water partition coefficient (Wildman–Crippen LogP) is 0.994. The first-order chi connectivity index (χ1) is 8.70. The summed E-state index contributed by atoms with van der Waals surface area (Å²) in [5.74, 6) is 0.981. The first kappa shape index (κ1) is 12.9. The minimum atomic E-state index is -0.313. The molecule has 1 unspecified atom stereocenters. The van der Waals surface area contributed by atoms with Gasteiger partial charge in [0.15, 0.2) is 0 Å². The van der Waals surface area contributed by atoms with Crippen molar-refractivity contribution < 1.29 is 4.79 Å². The van der Waals surface area contributed by atoms with Crippen LogP contribution in [-0.4, -0.2) is 40.0 Å². The van der Waals surface area contributed by atoms with Gasteiger partial charge in [0.05, 0.1) is 6.04 Å². The number of amides is 2. The molecule has 18 heavy (non-hydrogen) atoms. The van der Waals surface area contributed by atoms with Crippen LogP contribution in [-0.2, 0) is 0 Å². The molecular formula is C12H21N5O. The van der Waals surface area contributed by atoms with Crippen LogP contribution in [0.3, 0.4) is 0 Å². The Morgan fingerprint density at radius 2 is 2.39 bits per heavy atom. The average Bonchev–Trinajstić information content (AvgIpc) is 2.90. The van der Waals surface area contributed by atoms with E-state index in [-0.39, 0.29) is 12.1 Å². The number of carbonyl (C=O) groups excluding carboxylic acids is 1. The summed E-state index contributed by atoms with van der Waals surface area (Å²) in [5, 5.41) is 3.59. The Balaban J connectivity index is 1.85. The molecule has 1 atom stereocenters. The molecule has 0 aromatic carbocycles. The van der Waals surface area contributed by atoms with E-state index in [0.717, 1.165) is 38.2 Å². The minimum Gasteiger partial charge on any atom is -0.351 e. The molecule has 0 saturated carbocycles. The van der Waals surface area contributed by atoms with Gasteiger partial charge in [-0.2, -0.15) is 0 Å². The maximum Gasteiger partial charge on any atom is 0.314 e. The molecule has 0 bridgehead atoms. The van der Waals surface area contributed by atoms with Gasteiger partial charge in [-0.15, -0.1) is 0 Å². The van der Waals surface area contributed by atoms with Crippen molar-refractivity contribution in [2.45, 2.75) is 38.3 Å². The Labute approximate surface area is 107 Å². The van der Waals surface area contributed by atoms with E-state index < -0.39 is 0 Å². The van der Waals surface area contributed by atoms with Gasteiger partial charge < -0.3 is 20.9 Å². The Morgan fingerprint density at radius 1 is 1.67 bits per heavy atom. The first-order valence-corrected chi connectivity index (χ1v) is 6.50. The molecule has 100 valence electrons. The van der Waals surface area contributed by atoms with Gasteiger partial charge in [-0.1, -0.05) is 6.92 Å². The zero-order valence-electron chi connectivity index (χ0n) is 10.7. The molecule has 6 nitrogen and oxygen atoms in total. The minimum absolute atomic E-state index is 0.255. The Hall–Kier alpha value is -1.56. The molecule has 1 aliphatic rings. The molecule has 1 saturated heterocycles. The third kappa shape index (κ3) is 3.01. The number of nitrogens with one attached hydrogen (secondary N) is 2. The summed E-state index contributed by atoms with van der Waals surface area (Å²) in [4.78, 5) is 20.2. The normalized spacial score (nSPS) is 18.8. The Bertz CT molecular complexity index is 370. The zero-order chi connectivity index (χ0) is 13.0. The fraction of sp³-hybridized carbons (Fsp3) is 0.667. The van der Waals surface area contributed by atoms with Crippen LogP contribution >= 0.6 is 0 Å². The second-order valence-electron chi connectivity index (χ2n) is 4.70. The van der Waals surface area contributed by atoms with E-state index in [1.165, 1.54) is 0 Å². The molecule has 6 heteroatoms. The number of H-pyrrole nitrogens is 1. The van der Waals surface area contributed by atoms with E-state index in [0.29, 0.717) is 6.04 Å². The summed E-state index contributed by atoms with van der Waals surface area (Å²) in [7, 11) is 0. The lowest BCUT2D eigenvalue weighted by Crippen LogP contribution is -2.47. The number of rotatable bonds is 4. The fourth-order valence-electron chi connectivity index (χ4n) is 2.41. The molecule has 2 amide bonds. The topological polar surface area (TPSA) is 87.0 Å². The Morgan fingerprint density at radius 3 is 2.89 bits per heavy atom. The van der Waals surface area contributed by atoms with Gasteiger partial charge in [-0.3, -0.25) is 0 Å². The molecule has 4 N–H and O–H groups in total. The summed E-state index contributed by atoms with van der Waals surface area (Å²) in [6.07, 6.45) is 6.49. The summed E-state index contributed by atoms with van der Waals surface area (Å²) >= 11 is 0. The van der Waals surface area contributed by atoms with Crippen LogP contribution in [0.15, 0.2) is 12.4 Å². The number of nitrogens with two attached hydrogens (primary N) is 1. The van der Waals surface area contributed by atoms with Gasteiger partial charge in [-0.05, 0) is 19.3 Å². The van der Waals surface area contributed by atoms with Crippen LogP contribution < -0.4 is 11.1 Å². The van der Waals surface area contributed by atoms with Gasteiger partial charge in [-0.25, -0.2) is 9.78 Å². The van der Waals surface area contributed by atoms with E-state index in [2.05, 4.69) is 22.2 Å². The standard InChI is InChI=1S/C12H21N5O/c1-2-10(11-14-5-6-15-11)16-9-3-7-17(8-4-9)12(13)18/h5-6,9-10,16H,2-4,7-8H2,1H3,(H2,13,18)(H,14,15). The largest absolute Gasteiger partial charge is 0.351 e. The molecule has 0 radical (unpaired) electrons.